The van der Waals surface area contributed by atoms with E-state index in [4.69, 9.17) is 0 Å². The van der Waals surface area contributed by atoms with Crippen molar-refractivity contribution < 1.29 is 4.79 Å². The molecule has 1 aromatic carbocycles. The largest absolute Gasteiger partial charge is 0.357 e. The first-order valence-electron chi connectivity index (χ1n) is 8.80. The second-order valence-electron chi connectivity index (χ2n) is 6.29. The molecule has 0 aliphatic carbocycles. The number of hydrogen-bond acceptors (Lipinski definition) is 3. The minimum atomic E-state index is 0. The van der Waals surface area contributed by atoms with Gasteiger partial charge in [-0.1, -0.05) is 12.1 Å². The van der Waals surface area contributed by atoms with E-state index in [0.29, 0.717) is 12.1 Å². The maximum Gasteiger partial charge on any atom is 0.253 e. The lowest BCUT2D eigenvalue weighted by Crippen LogP contribution is -2.38. The maximum atomic E-state index is 12.1. The number of aliphatic imine (C=N–C) groups is 1. The van der Waals surface area contributed by atoms with Gasteiger partial charge in [0.1, 0.15) is 0 Å². The Kier molecular flexibility index (Phi) is 9.84. The first-order valence-corrected chi connectivity index (χ1v) is 8.80. The van der Waals surface area contributed by atoms with Crippen LogP contribution in [0, 0.1) is 0 Å². The van der Waals surface area contributed by atoms with E-state index in [2.05, 4.69) is 20.7 Å². The van der Waals surface area contributed by atoms with Gasteiger partial charge in [0.05, 0.1) is 12.7 Å². The number of hydrogen-bond donors (Lipinski definition) is 2. The molecule has 0 atom stereocenters. The predicted molar refractivity (Wildman–Crippen MR) is 120 cm³/mol. The summed E-state index contributed by atoms with van der Waals surface area (Å²) < 4.78 is 1.77. The van der Waals surface area contributed by atoms with Gasteiger partial charge in [0.25, 0.3) is 5.91 Å². The van der Waals surface area contributed by atoms with Crippen molar-refractivity contribution in [3.63, 3.8) is 0 Å². The van der Waals surface area contributed by atoms with E-state index in [0.717, 1.165) is 36.6 Å². The van der Waals surface area contributed by atoms with Gasteiger partial charge in [-0.3, -0.25) is 9.48 Å². The Morgan fingerprint density at radius 2 is 2.04 bits per heavy atom. The fourth-order valence-electron chi connectivity index (χ4n) is 2.51. The molecule has 1 amide bonds. The zero-order valence-corrected chi connectivity index (χ0v) is 18.7. The predicted octanol–water partition coefficient (Wildman–Crippen LogP) is 2.04. The number of nitrogens with zero attached hydrogens (tertiary/aromatic N) is 4. The molecule has 2 rings (SSSR count). The lowest BCUT2D eigenvalue weighted by atomic mass is 10.1. The summed E-state index contributed by atoms with van der Waals surface area (Å²) in [5.74, 6) is 0.794. The maximum absolute atomic E-state index is 12.1. The molecular weight excluding hydrogens is 455 g/mol. The van der Waals surface area contributed by atoms with Gasteiger partial charge >= 0.3 is 0 Å². The molecule has 0 aliphatic rings. The zero-order valence-electron chi connectivity index (χ0n) is 16.4. The minimum absolute atomic E-state index is 0. The first kappa shape index (κ1) is 22.9. The molecule has 0 fully saturated rings. The van der Waals surface area contributed by atoms with Crippen LogP contribution >= 0.6 is 24.0 Å². The monoisotopic (exact) mass is 484 g/mol. The number of amides is 1. The summed E-state index contributed by atoms with van der Waals surface area (Å²) >= 11 is 0. The van der Waals surface area contributed by atoms with Crippen molar-refractivity contribution in [3.8, 4) is 0 Å². The number of rotatable bonds is 7. The van der Waals surface area contributed by atoms with Crippen molar-refractivity contribution in [2.75, 3.05) is 27.2 Å². The van der Waals surface area contributed by atoms with Crippen molar-refractivity contribution in [3.05, 3.63) is 53.3 Å². The summed E-state index contributed by atoms with van der Waals surface area (Å²) in [5.41, 5.74) is 2.90. The molecule has 0 spiro atoms. The highest BCUT2D eigenvalue weighted by Crippen LogP contribution is 2.07. The van der Waals surface area contributed by atoms with Crippen LogP contribution in [0.2, 0.25) is 0 Å². The third-order valence-corrected chi connectivity index (χ3v) is 3.81. The number of nitrogens with one attached hydrogen (secondary N) is 2. The van der Waals surface area contributed by atoms with Crippen LogP contribution in [0.5, 0.6) is 0 Å². The molecule has 0 aliphatic heterocycles. The topological polar surface area (TPSA) is 74.5 Å². The number of aromatic nitrogens is 2. The molecule has 2 aromatic rings. The number of carbonyl (C=O) groups excluding carboxylic acids is 1. The molecule has 8 heteroatoms. The molecule has 2 N–H and O–H groups in total. The van der Waals surface area contributed by atoms with E-state index in [-0.39, 0.29) is 29.9 Å². The Morgan fingerprint density at radius 3 is 2.67 bits per heavy atom. The summed E-state index contributed by atoms with van der Waals surface area (Å²) in [6.45, 7) is 4.15. The molecule has 0 saturated carbocycles. The summed E-state index contributed by atoms with van der Waals surface area (Å²) in [6.07, 6.45) is 4.59. The molecule has 7 nitrogen and oxygen atoms in total. The SMILES string of the molecule is CCNC(=NCc1cnn(C)c1)NCCc1cccc(C(=O)N(C)C)c1.I. The molecule has 27 heavy (non-hydrogen) atoms. The van der Waals surface area contributed by atoms with E-state index in [1.165, 1.54) is 0 Å². The number of carbonyl (C=O) groups is 1. The van der Waals surface area contributed by atoms with Crippen LogP contribution in [0.3, 0.4) is 0 Å². The van der Waals surface area contributed by atoms with Crippen molar-refractivity contribution in [2.24, 2.45) is 12.0 Å². The van der Waals surface area contributed by atoms with Crippen LogP contribution in [0.1, 0.15) is 28.4 Å². The van der Waals surface area contributed by atoms with E-state index in [1.54, 1.807) is 23.7 Å². The Hall–Kier alpha value is -2.10. The third kappa shape index (κ3) is 7.58. The Labute approximate surface area is 178 Å². The lowest BCUT2D eigenvalue weighted by molar-refractivity contribution is 0.0827. The number of aryl methyl sites for hydroxylation is 1. The molecule has 0 saturated heterocycles. The molecular formula is C19H29IN6O. The van der Waals surface area contributed by atoms with Crippen molar-refractivity contribution >= 4 is 35.8 Å². The summed E-state index contributed by atoms with van der Waals surface area (Å²) in [7, 11) is 5.42. The highest BCUT2D eigenvalue weighted by atomic mass is 127. The van der Waals surface area contributed by atoms with Crippen LogP contribution < -0.4 is 10.6 Å². The Balaban J connectivity index is 0.00000364. The second-order valence-corrected chi connectivity index (χ2v) is 6.29. The quantitative estimate of drug-likeness (QED) is 0.359. The standard InChI is InChI=1S/C19H28N6O.HI/c1-5-20-19(22-12-16-13-23-25(4)14-16)21-10-9-15-7-6-8-17(11-15)18(26)24(2)3;/h6-8,11,13-14H,5,9-10,12H2,1-4H3,(H2,20,21,22);1H. The van der Waals surface area contributed by atoms with Crippen molar-refractivity contribution in [2.45, 2.75) is 19.9 Å². The number of halogens is 1. The zero-order chi connectivity index (χ0) is 18.9. The van der Waals surface area contributed by atoms with Gasteiger partial charge in [-0.15, -0.1) is 24.0 Å². The lowest BCUT2D eigenvalue weighted by Gasteiger charge is -2.13. The van der Waals surface area contributed by atoms with Crippen LogP contribution in [0.15, 0.2) is 41.7 Å². The van der Waals surface area contributed by atoms with Gasteiger partial charge in [0, 0.05) is 51.6 Å². The highest BCUT2D eigenvalue weighted by molar-refractivity contribution is 14.0. The van der Waals surface area contributed by atoms with Gasteiger partial charge in [-0.25, -0.2) is 4.99 Å². The molecule has 1 heterocycles. The third-order valence-electron chi connectivity index (χ3n) is 3.81. The fraction of sp³-hybridized carbons (Fsp3) is 0.421. The van der Waals surface area contributed by atoms with Gasteiger partial charge < -0.3 is 15.5 Å². The fourth-order valence-corrected chi connectivity index (χ4v) is 2.51. The van der Waals surface area contributed by atoms with Gasteiger partial charge in [0.15, 0.2) is 5.96 Å². The smallest absolute Gasteiger partial charge is 0.253 e. The summed E-state index contributed by atoms with van der Waals surface area (Å²) in [4.78, 5) is 18.2. The van der Waals surface area contributed by atoms with E-state index >= 15 is 0 Å². The van der Waals surface area contributed by atoms with Crippen LogP contribution in [0.4, 0.5) is 0 Å². The summed E-state index contributed by atoms with van der Waals surface area (Å²) in [6, 6.07) is 7.75. The molecule has 148 valence electrons. The number of benzene rings is 1. The normalized spacial score (nSPS) is 10.9. The van der Waals surface area contributed by atoms with Gasteiger partial charge in [0.2, 0.25) is 0 Å². The van der Waals surface area contributed by atoms with Crippen molar-refractivity contribution in [1.82, 2.24) is 25.3 Å². The van der Waals surface area contributed by atoms with Crippen LogP contribution in [0.25, 0.3) is 0 Å². The summed E-state index contributed by atoms with van der Waals surface area (Å²) in [5, 5.41) is 10.7. The van der Waals surface area contributed by atoms with Crippen LogP contribution in [-0.4, -0.2) is 53.7 Å². The average Bonchev–Trinajstić information content (AvgIpc) is 3.04. The van der Waals surface area contributed by atoms with E-state index in [1.807, 2.05) is 50.6 Å². The molecule has 1 aromatic heterocycles. The first-order chi connectivity index (χ1) is 12.5. The molecule has 0 unspecified atom stereocenters. The molecule has 0 radical (unpaired) electrons. The average molecular weight is 484 g/mol. The number of guanidine groups is 1. The van der Waals surface area contributed by atoms with Gasteiger partial charge in [-0.05, 0) is 31.0 Å². The van der Waals surface area contributed by atoms with E-state index in [9.17, 15) is 4.79 Å². The van der Waals surface area contributed by atoms with Crippen LogP contribution in [-0.2, 0) is 20.0 Å². The minimum Gasteiger partial charge on any atom is -0.357 e. The molecule has 0 bridgehead atoms. The Morgan fingerprint density at radius 1 is 1.26 bits per heavy atom. The van der Waals surface area contributed by atoms with Gasteiger partial charge in [-0.2, -0.15) is 5.10 Å². The van der Waals surface area contributed by atoms with E-state index < -0.39 is 0 Å². The second kappa shape index (κ2) is 11.6. The van der Waals surface area contributed by atoms with Crippen molar-refractivity contribution in [1.29, 1.82) is 0 Å². The Bertz CT molecular complexity index is 756. The highest BCUT2D eigenvalue weighted by Gasteiger charge is 2.08.